The van der Waals surface area contributed by atoms with Crippen LogP contribution in [0, 0.1) is 11.3 Å². The SMILES string of the molecule is CC(C)(CC(=O)O)C(=O)Nc1ccc(NC(=O)C(CC2CCCC2)n2cnc(C(F)(F)F)c2)nc1. The molecule has 35 heavy (non-hydrogen) atoms. The molecule has 9 nitrogen and oxygen atoms in total. The molecule has 1 saturated carbocycles. The van der Waals surface area contributed by atoms with E-state index in [2.05, 4.69) is 20.6 Å². The summed E-state index contributed by atoms with van der Waals surface area (Å²) in [5.74, 6) is -1.74. The lowest BCUT2D eigenvalue weighted by Crippen LogP contribution is -2.33. The van der Waals surface area contributed by atoms with Gasteiger partial charge in [0.15, 0.2) is 5.69 Å². The molecule has 1 atom stereocenters. The Labute approximate surface area is 200 Å². The number of amides is 2. The first-order valence-corrected chi connectivity index (χ1v) is 11.3. The van der Waals surface area contributed by atoms with Crippen LogP contribution >= 0.6 is 0 Å². The normalized spacial score (nSPS) is 15.6. The van der Waals surface area contributed by atoms with Gasteiger partial charge in [0.2, 0.25) is 11.8 Å². The Balaban J connectivity index is 1.70. The lowest BCUT2D eigenvalue weighted by molar-refractivity contribution is -0.142. The van der Waals surface area contributed by atoms with E-state index in [4.69, 9.17) is 5.11 Å². The molecular formula is C23H28F3N5O4. The molecule has 0 aromatic carbocycles. The van der Waals surface area contributed by atoms with Gasteiger partial charge in [-0.25, -0.2) is 9.97 Å². The highest BCUT2D eigenvalue weighted by molar-refractivity contribution is 5.97. The minimum Gasteiger partial charge on any atom is -0.481 e. The van der Waals surface area contributed by atoms with Crippen LogP contribution in [0.25, 0.3) is 0 Å². The van der Waals surface area contributed by atoms with Crippen LogP contribution in [0.5, 0.6) is 0 Å². The number of aromatic nitrogens is 3. The molecule has 1 aliphatic rings. The van der Waals surface area contributed by atoms with Crippen molar-refractivity contribution in [2.75, 3.05) is 10.6 Å². The zero-order valence-corrected chi connectivity index (χ0v) is 19.4. The van der Waals surface area contributed by atoms with Crippen LogP contribution in [-0.4, -0.2) is 37.4 Å². The first kappa shape index (κ1) is 26.2. The average molecular weight is 496 g/mol. The summed E-state index contributed by atoms with van der Waals surface area (Å²) in [5.41, 5.74) is -1.91. The maximum absolute atomic E-state index is 13.1. The summed E-state index contributed by atoms with van der Waals surface area (Å²) in [4.78, 5) is 43.9. The van der Waals surface area contributed by atoms with Crippen LogP contribution in [-0.2, 0) is 20.6 Å². The largest absolute Gasteiger partial charge is 0.481 e. The fourth-order valence-electron chi connectivity index (χ4n) is 4.09. The number of nitrogens with zero attached hydrogens (tertiary/aromatic N) is 3. The number of carboxylic acid groups (broad SMARTS) is 1. The van der Waals surface area contributed by atoms with E-state index in [1.54, 1.807) is 0 Å². The molecule has 3 rings (SSSR count). The Kier molecular flexibility index (Phi) is 7.81. The Morgan fingerprint density at radius 2 is 1.83 bits per heavy atom. The van der Waals surface area contributed by atoms with Gasteiger partial charge in [0, 0.05) is 6.20 Å². The lowest BCUT2D eigenvalue weighted by Gasteiger charge is -2.22. The molecule has 1 aliphatic carbocycles. The molecule has 2 aromatic rings. The highest BCUT2D eigenvalue weighted by atomic mass is 19.4. The molecule has 3 N–H and O–H groups in total. The van der Waals surface area contributed by atoms with Gasteiger partial charge in [-0.3, -0.25) is 14.4 Å². The summed E-state index contributed by atoms with van der Waals surface area (Å²) in [7, 11) is 0. The molecule has 0 radical (unpaired) electrons. The third-order valence-corrected chi connectivity index (χ3v) is 6.07. The molecule has 0 spiro atoms. The monoisotopic (exact) mass is 495 g/mol. The number of hydrogen-bond acceptors (Lipinski definition) is 5. The molecule has 0 saturated heterocycles. The average Bonchev–Trinajstić information content (AvgIpc) is 3.44. The number of nitrogens with one attached hydrogen (secondary N) is 2. The second-order valence-corrected chi connectivity index (χ2v) is 9.44. The predicted octanol–water partition coefficient (Wildman–Crippen LogP) is 4.50. The number of imidazole rings is 1. The highest BCUT2D eigenvalue weighted by Crippen LogP contribution is 2.34. The lowest BCUT2D eigenvalue weighted by atomic mass is 9.88. The van der Waals surface area contributed by atoms with E-state index >= 15 is 0 Å². The number of carbonyl (C=O) groups excluding carboxylic acids is 2. The molecular weight excluding hydrogens is 467 g/mol. The quantitative estimate of drug-likeness (QED) is 0.470. The minimum absolute atomic E-state index is 0.158. The van der Waals surface area contributed by atoms with Crippen molar-refractivity contribution in [2.24, 2.45) is 11.3 Å². The number of anilines is 2. The first-order valence-electron chi connectivity index (χ1n) is 11.3. The summed E-state index contributed by atoms with van der Waals surface area (Å²) in [6.07, 6.45) is 2.45. The van der Waals surface area contributed by atoms with Crippen LogP contribution in [0.2, 0.25) is 0 Å². The standard InChI is InChI=1S/C23H28F3N5O4/c1-22(2,10-19(32)33)21(35)29-15-7-8-18(27-11-15)30-20(34)16(9-14-5-3-4-6-14)31-12-17(28-13-31)23(24,25)26/h7-8,11-14,16H,3-6,9-10H2,1-2H3,(H,29,35)(H,32,33)(H,27,30,34). The zero-order chi connectivity index (χ0) is 25.8. The Bertz CT molecular complexity index is 1060. The first-order chi connectivity index (χ1) is 16.3. The van der Waals surface area contributed by atoms with Crippen molar-refractivity contribution in [1.29, 1.82) is 0 Å². The van der Waals surface area contributed by atoms with E-state index in [1.807, 2.05) is 0 Å². The van der Waals surface area contributed by atoms with Gasteiger partial charge in [-0.05, 0) is 24.5 Å². The van der Waals surface area contributed by atoms with Gasteiger partial charge in [0.05, 0.1) is 30.0 Å². The van der Waals surface area contributed by atoms with E-state index in [-0.39, 0.29) is 18.2 Å². The second-order valence-electron chi connectivity index (χ2n) is 9.44. The third-order valence-electron chi connectivity index (χ3n) is 6.07. The maximum Gasteiger partial charge on any atom is 0.434 e. The van der Waals surface area contributed by atoms with Crippen molar-refractivity contribution in [2.45, 2.75) is 64.6 Å². The Morgan fingerprint density at radius 3 is 2.37 bits per heavy atom. The van der Waals surface area contributed by atoms with Gasteiger partial charge in [0.25, 0.3) is 0 Å². The number of halogens is 3. The van der Waals surface area contributed by atoms with E-state index in [0.29, 0.717) is 12.1 Å². The molecule has 12 heteroatoms. The molecule has 1 fully saturated rings. The van der Waals surface area contributed by atoms with Gasteiger partial charge >= 0.3 is 12.1 Å². The fourth-order valence-corrected chi connectivity index (χ4v) is 4.09. The Morgan fingerprint density at radius 1 is 1.14 bits per heavy atom. The number of pyridine rings is 1. The molecule has 1 unspecified atom stereocenters. The number of aliphatic carboxylic acids is 1. The van der Waals surface area contributed by atoms with E-state index in [9.17, 15) is 27.6 Å². The third kappa shape index (κ3) is 7.03. The van der Waals surface area contributed by atoms with Crippen molar-refractivity contribution in [3.8, 4) is 0 Å². The number of alkyl halides is 3. The zero-order valence-electron chi connectivity index (χ0n) is 19.4. The Hall–Kier alpha value is -3.44. The van der Waals surface area contributed by atoms with Crippen LogP contribution in [0.4, 0.5) is 24.7 Å². The highest BCUT2D eigenvalue weighted by Gasteiger charge is 2.35. The van der Waals surface area contributed by atoms with Crippen LogP contribution < -0.4 is 10.6 Å². The van der Waals surface area contributed by atoms with Crippen molar-refractivity contribution in [3.05, 3.63) is 36.5 Å². The van der Waals surface area contributed by atoms with Crippen molar-refractivity contribution >= 4 is 29.3 Å². The predicted molar refractivity (Wildman–Crippen MR) is 120 cm³/mol. The van der Waals surface area contributed by atoms with Crippen molar-refractivity contribution in [3.63, 3.8) is 0 Å². The fraction of sp³-hybridized carbons (Fsp3) is 0.522. The van der Waals surface area contributed by atoms with Crippen molar-refractivity contribution in [1.82, 2.24) is 14.5 Å². The van der Waals surface area contributed by atoms with Gasteiger partial charge in [0.1, 0.15) is 11.9 Å². The van der Waals surface area contributed by atoms with Gasteiger partial charge in [-0.15, -0.1) is 0 Å². The minimum atomic E-state index is -4.61. The number of hydrogen-bond donors (Lipinski definition) is 3. The summed E-state index contributed by atoms with van der Waals surface area (Å²) in [6.45, 7) is 3.01. The molecule has 0 aliphatic heterocycles. The topological polar surface area (TPSA) is 126 Å². The maximum atomic E-state index is 13.1. The number of carboxylic acids is 1. The van der Waals surface area contributed by atoms with E-state index < -0.39 is 41.1 Å². The van der Waals surface area contributed by atoms with Crippen LogP contribution in [0.3, 0.4) is 0 Å². The molecule has 190 valence electrons. The van der Waals surface area contributed by atoms with Gasteiger partial charge in [-0.2, -0.15) is 13.2 Å². The summed E-state index contributed by atoms with van der Waals surface area (Å²) >= 11 is 0. The van der Waals surface area contributed by atoms with Gasteiger partial charge < -0.3 is 20.3 Å². The van der Waals surface area contributed by atoms with Gasteiger partial charge in [-0.1, -0.05) is 39.5 Å². The summed E-state index contributed by atoms with van der Waals surface area (Å²) < 4.78 is 40.3. The second kappa shape index (κ2) is 10.4. The summed E-state index contributed by atoms with van der Waals surface area (Å²) in [6, 6.07) is 2.04. The summed E-state index contributed by atoms with van der Waals surface area (Å²) in [5, 5.41) is 14.2. The van der Waals surface area contributed by atoms with Crippen molar-refractivity contribution < 1.29 is 32.7 Å². The molecule has 0 bridgehead atoms. The number of carbonyl (C=O) groups is 3. The molecule has 2 heterocycles. The van der Waals surface area contributed by atoms with E-state index in [1.165, 1.54) is 36.7 Å². The smallest absolute Gasteiger partial charge is 0.434 e. The van der Waals surface area contributed by atoms with Crippen LogP contribution in [0.15, 0.2) is 30.9 Å². The number of rotatable bonds is 9. The van der Waals surface area contributed by atoms with E-state index in [0.717, 1.165) is 38.2 Å². The van der Waals surface area contributed by atoms with Crippen LogP contribution in [0.1, 0.15) is 64.1 Å². The molecule has 2 aromatic heterocycles. The molecule has 2 amide bonds.